The smallest absolute Gasteiger partial charge is 0.200 e. The third-order valence-electron chi connectivity index (χ3n) is 2.36. The molecule has 4 nitrogen and oxygen atoms in total. The van der Waals surface area contributed by atoms with Crippen LogP contribution in [0.3, 0.4) is 0 Å². The molecule has 86 valence electrons. The van der Waals surface area contributed by atoms with Gasteiger partial charge in [-0.3, -0.25) is 0 Å². The summed E-state index contributed by atoms with van der Waals surface area (Å²) in [7, 11) is 0. The molecular weight excluding hydrogens is 202 g/mol. The predicted octanol–water partition coefficient (Wildman–Crippen LogP) is 2.43. The topological polar surface area (TPSA) is 39.4 Å². The van der Waals surface area contributed by atoms with E-state index in [-0.39, 0.29) is 5.41 Å². The molecular formula is C12H17N3O. The lowest BCUT2D eigenvalue weighted by molar-refractivity contribution is 0.318. The quantitative estimate of drug-likeness (QED) is 0.778. The van der Waals surface area contributed by atoms with Crippen LogP contribution in [0.1, 0.15) is 33.5 Å². The van der Waals surface area contributed by atoms with Crippen molar-refractivity contribution in [1.82, 2.24) is 14.6 Å². The summed E-state index contributed by atoms with van der Waals surface area (Å²) < 4.78 is 7.57. The lowest BCUT2D eigenvalue weighted by Gasteiger charge is -2.17. The first-order chi connectivity index (χ1) is 7.54. The molecule has 4 heteroatoms. The molecule has 0 atom stereocenters. The van der Waals surface area contributed by atoms with Gasteiger partial charge in [-0.25, -0.2) is 4.40 Å². The Balaban J connectivity index is 2.68. The molecule has 2 heterocycles. The Morgan fingerprint density at radius 2 is 2.00 bits per heavy atom. The molecule has 2 rings (SSSR count). The molecule has 0 unspecified atom stereocenters. The van der Waals surface area contributed by atoms with Crippen LogP contribution < -0.4 is 4.74 Å². The SMILES string of the molecule is CCOc1cccc2nnc(C(C)(C)C)n12. The van der Waals surface area contributed by atoms with Crippen LogP contribution in [0.5, 0.6) is 5.88 Å². The van der Waals surface area contributed by atoms with E-state index in [0.717, 1.165) is 17.4 Å². The van der Waals surface area contributed by atoms with Crippen molar-refractivity contribution in [1.29, 1.82) is 0 Å². The Morgan fingerprint density at radius 3 is 2.62 bits per heavy atom. The van der Waals surface area contributed by atoms with E-state index in [1.165, 1.54) is 0 Å². The zero-order valence-corrected chi connectivity index (χ0v) is 10.2. The molecule has 0 aliphatic carbocycles. The Hall–Kier alpha value is -1.58. The number of ether oxygens (including phenoxy) is 1. The molecule has 0 radical (unpaired) electrons. The van der Waals surface area contributed by atoms with E-state index in [0.29, 0.717) is 6.61 Å². The summed E-state index contributed by atoms with van der Waals surface area (Å²) in [6.45, 7) is 8.96. The van der Waals surface area contributed by atoms with E-state index in [9.17, 15) is 0 Å². The number of hydrogen-bond donors (Lipinski definition) is 0. The maximum Gasteiger partial charge on any atom is 0.200 e. The van der Waals surface area contributed by atoms with E-state index < -0.39 is 0 Å². The molecule has 0 aromatic carbocycles. The largest absolute Gasteiger partial charge is 0.479 e. The van der Waals surface area contributed by atoms with E-state index >= 15 is 0 Å². The number of aromatic nitrogens is 3. The minimum absolute atomic E-state index is 0.0490. The molecule has 2 aromatic rings. The fraction of sp³-hybridized carbons (Fsp3) is 0.500. The summed E-state index contributed by atoms with van der Waals surface area (Å²) in [4.78, 5) is 0. The molecule has 0 N–H and O–H groups in total. The van der Waals surface area contributed by atoms with E-state index in [2.05, 4.69) is 31.0 Å². The van der Waals surface area contributed by atoms with E-state index in [1.807, 2.05) is 29.5 Å². The molecule has 0 aliphatic heterocycles. The van der Waals surface area contributed by atoms with Crippen molar-refractivity contribution in [3.05, 3.63) is 24.0 Å². The zero-order valence-electron chi connectivity index (χ0n) is 10.2. The van der Waals surface area contributed by atoms with E-state index in [4.69, 9.17) is 4.74 Å². The van der Waals surface area contributed by atoms with Crippen molar-refractivity contribution in [2.75, 3.05) is 6.61 Å². The monoisotopic (exact) mass is 219 g/mol. The Morgan fingerprint density at radius 1 is 1.25 bits per heavy atom. The number of rotatable bonds is 2. The summed E-state index contributed by atoms with van der Waals surface area (Å²) in [6.07, 6.45) is 0. The summed E-state index contributed by atoms with van der Waals surface area (Å²) in [6, 6.07) is 5.81. The molecule has 0 saturated carbocycles. The summed E-state index contributed by atoms with van der Waals surface area (Å²) in [5.41, 5.74) is 0.781. The average Bonchev–Trinajstić information content (AvgIpc) is 2.62. The highest BCUT2D eigenvalue weighted by molar-refractivity contribution is 5.43. The first-order valence-corrected chi connectivity index (χ1v) is 5.51. The van der Waals surface area contributed by atoms with Crippen molar-refractivity contribution < 1.29 is 4.74 Å². The molecule has 2 aromatic heterocycles. The van der Waals surface area contributed by atoms with Gasteiger partial charge in [-0.1, -0.05) is 26.8 Å². The van der Waals surface area contributed by atoms with Gasteiger partial charge in [-0.2, -0.15) is 0 Å². The standard InChI is InChI=1S/C12H17N3O/c1-5-16-10-8-6-7-9-13-14-11(15(9)10)12(2,3)4/h6-8H,5H2,1-4H3. The molecule has 0 amide bonds. The van der Waals surface area contributed by atoms with Gasteiger partial charge < -0.3 is 4.74 Å². The third kappa shape index (κ3) is 1.75. The van der Waals surface area contributed by atoms with Crippen LogP contribution >= 0.6 is 0 Å². The first kappa shape index (κ1) is 10.9. The van der Waals surface area contributed by atoms with E-state index in [1.54, 1.807) is 0 Å². The van der Waals surface area contributed by atoms with Crippen LogP contribution in [-0.2, 0) is 5.41 Å². The summed E-state index contributed by atoms with van der Waals surface area (Å²) >= 11 is 0. The maximum absolute atomic E-state index is 5.60. The van der Waals surface area contributed by atoms with Gasteiger partial charge in [-0.05, 0) is 19.1 Å². The second-order valence-corrected chi connectivity index (χ2v) is 4.76. The number of fused-ring (bicyclic) bond motifs is 1. The maximum atomic E-state index is 5.60. The number of hydrogen-bond acceptors (Lipinski definition) is 3. The van der Waals surface area contributed by atoms with Crippen LogP contribution in [0.4, 0.5) is 0 Å². The van der Waals surface area contributed by atoms with Crippen molar-refractivity contribution in [2.45, 2.75) is 33.1 Å². The van der Waals surface area contributed by atoms with Gasteiger partial charge in [0.1, 0.15) is 5.82 Å². The Bertz CT molecular complexity index is 496. The van der Waals surface area contributed by atoms with Crippen molar-refractivity contribution in [3.8, 4) is 5.88 Å². The van der Waals surface area contributed by atoms with Crippen molar-refractivity contribution in [3.63, 3.8) is 0 Å². The van der Waals surface area contributed by atoms with Crippen LogP contribution in [-0.4, -0.2) is 21.2 Å². The van der Waals surface area contributed by atoms with Crippen LogP contribution in [0.25, 0.3) is 5.65 Å². The number of nitrogens with zero attached hydrogens (tertiary/aromatic N) is 3. The normalized spacial score (nSPS) is 12.0. The molecule has 0 bridgehead atoms. The average molecular weight is 219 g/mol. The fourth-order valence-corrected chi connectivity index (χ4v) is 1.66. The highest BCUT2D eigenvalue weighted by Gasteiger charge is 2.22. The molecule has 0 fully saturated rings. The summed E-state index contributed by atoms with van der Waals surface area (Å²) in [5, 5.41) is 8.40. The lowest BCUT2D eigenvalue weighted by Crippen LogP contribution is -2.17. The molecule has 0 spiro atoms. The van der Waals surface area contributed by atoms with Crippen LogP contribution in [0.2, 0.25) is 0 Å². The molecule has 0 saturated heterocycles. The summed E-state index contributed by atoms with van der Waals surface area (Å²) in [5.74, 6) is 1.72. The van der Waals surface area contributed by atoms with Crippen LogP contribution in [0, 0.1) is 0 Å². The van der Waals surface area contributed by atoms with Gasteiger partial charge >= 0.3 is 0 Å². The Kier molecular flexibility index (Phi) is 2.58. The Labute approximate surface area is 95.3 Å². The van der Waals surface area contributed by atoms with Gasteiger partial charge in [0.05, 0.1) is 6.61 Å². The zero-order chi connectivity index (χ0) is 11.8. The van der Waals surface area contributed by atoms with Gasteiger partial charge in [0, 0.05) is 5.41 Å². The number of pyridine rings is 1. The second-order valence-electron chi connectivity index (χ2n) is 4.76. The lowest BCUT2D eigenvalue weighted by atomic mass is 9.96. The second kappa shape index (κ2) is 3.77. The van der Waals surface area contributed by atoms with Crippen LogP contribution in [0.15, 0.2) is 18.2 Å². The van der Waals surface area contributed by atoms with Gasteiger partial charge in [0.25, 0.3) is 0 Å². The minimum atomic E-state index is -0.0490. The highest BCUT2D eigenvalue weighted by Crippen LogP contribution is 2.24. The first-order valence-electron chi connectivity index (χ1n) is 5.51. The van der Waals surface area contributed by atoms with Crippen molar-refractivity contribution in [2.24, 2.45) is 0 Å². The predicted molar refractivity (Wildman–Crippen MR) is 62.9 cm³/mol. The minimum Gasteiger partial charge on any atom is -0.479 e. The van der Waals surface area contributed by atoms with Gasteiger partial charge in [0.15, 0.2) is 5.65 Å². The van der Waals surface area contributed by atoms with Gasteiger partial charge in [-0.15, -0.1) is 10.2 Å². The molecule has 0 aliphatic rings. The third-order valence-corrected chi connectivity index (χ3v) is 2.36. The fourth-order valence-electron chi connectivity index (χ4n) is 1.66. The molecule has 16 heavy (non-hydrogen) atoms. The van der Waals surface area contributed by atoms with Crippen molar-refractivity contribution >= 4 is 5.65 Å². The highest BCUT2D eigenvalue weighted by atomic mass is 16.5. The van der Waals surface area contributed by atoms with Gasteiger partial charge in [0.2, 0.25) is 5.88 Å².